The van der Waals surface area contributed by atoms with Crippen molar-refractivity contribution in [3.05, 3.63) is 105 Å². The molecule has 0 unspecified atom stereocenters. The Hall–Kier alpha value is -3.97. The topological polar surface area (TPSA) is 75.9 Å². The van der Waals surface area contributed by atoms with E-state index in [1.54, 1.807) is 18.3 Å². The summed E-state index contributed by atoms with van der Waals surface area (Å²) in [7, 11) is 0. The van der Waals surface area contributed by atoms with E-state index in [9.17, 15) is 4.79 Å². The third-order valence-electron chi connectivity index (χ3n) is 5.02. The minimum atomic E-state index is -0.413. The molecule has 33 heavy (non-hydrogen) atoms. The highest BCUT2D eigenvalue weighted by Gasteiger charge is 2.08. The fourth-order valence-electron chi connectivity index (χ4n) is 3.34. The second-order valence-electron chi connectivity index (χ2n) is 7.57. The Morgan fingerprint density at radius 1 is 1.06 bits per heavy atom. The number of anilines is 1. The Morgan fingerprint density at radius 3 is 2.70 bits per heavy atom. The molecular weight excluding hydrogens is 434 g/mol. The van der Waals surface area contributed by atoms with Crippen LogP contribution in [0.15, 0.2) is 87.1 Å². The van der Waals surface area contributed by atoms with Crippen molar-refractivity contribution in [2.24, 2.45) is 5.10 Å². The summed E-state index contributed by atoms with van der Waals surface area (Å²) in [5.41, 5.74) is 7.35. The van der Waals surface area contributed by atoms with Crippen LogP contribution in [0.25, 0.3) is 11.0 Å². The van der Waals surface area contributed by atoms with E-state index < -0.39 is 5.63 Å². The van der Waals surface area contributed by atoms with Gasteiger partial charge in [0, 0.05) is 16.6 Å². The van der Waals surface area contributed by atoms with Crippen LogP contribution in [0, 0.1) is 13.8 Å². The van der Waals surface area contributed by atoms with E-state index in [0.717, 1.165) is 22.2 Å². The molecule has 0 aliphatic carbocycles. The number of ether oxygens (including phenoxy) is 1. The fraction of sp³-hybridized carbons (Fsp3) is 0.115. The molecular formula is C26H23N3O3S. The lowest BCUT2D eigenvalue weighted by molar-refractivity contribution is 0.300. The first-order valence-corrected chi connectivity index (χ1v) is 10.8. The molecule has 166 valence electrons. The molecule has 0 aliphatic heterocycles. The van der Waals surface area contributed by atoms with E-state index >= 15 is 0 Å². The predicted octanol–water partition coefficient (Wildman–Crippen LogP) is 5.31. The molecule has 1 heterocycles. The smallest absolute Gasteiger partial charge is 0.342 e. The Kier molecular flexibility index (Phi) is 6.80. The van der Waals surface area contributed by atoms with Gasteiger partial charge in [-0.25, -0.2) is 4.79 Å². The van der Waals surface area contributed by atoms with Gasteiger partial charge < -0.3 is 14.5 Å². The van der Waals surface area contributed by atoms with E-state index in [1.165, 1.54) is 5.56 Å². The van der Waals surface area contributed by atoms with Crippen LogP contribution in [-0.4, -0.2) is 11.3 Å². The normalized spacial score (nSPS) is 11.0. The molecule has 0 saturated carbocycles. The summed E-state index contributed by atoms with van der Waals surface area (Å²) >= 11 is 5.33. The van der Waals surface area contributed by atoms with Crippen LogP contribution >= 0.6 is 12.2 Å². The maximum atomic E-state index is 12.3. The number of hydrogen-bond donors (Lipinski definition) is 2. The molecule has 0 atom stereocenters. The first-order valence-electron chi connectivity index (χ1n) is 10.4. The summed E-state index contributed by atoms with van der Waals surface area (Å²) in [6, 6.07) is 22.7. The number of benzene rings is 3. The maximum absolute atomic E-state index is 12.3. The number of para-hydroxylation sites is 2. The predicted molar refractivity (Wildman–Crippen MR) is 136 cm³/mol. The van der Waals surface area contributed by atoms with Gasteiger partial charge in [-0.15, -0.1) is 0 Å². The second kappa shape index (κ2) is 10.1. The average Bonchev–Trinajstić information content (AvgIpc) is 2.80. The molecule has 3 aromatic carbocycles. The number of hydrogen-bond acceptors (Lipinski definition) is 5. The monoisotopic (exact) mass is 457 g/mol. The quantitative estimate of drug-likeness (QED) is 0.177. The van der Waals surface area contributed by atoms with Crippen LogP contribution in [0.1, 0.15) is 22.3 Å². The first-order chi connectivity index (χ1) is 16.0. The fourth-order valence-corrected chi connectivity index (χ4v) is 3.51. The third-order valence-corrected chi connectivity index (χ3v) is 5.21. The number of rotatable bonds is 6. The van der Waals surface area contributed by atoms with E-state index in [-0.39, 0.29) is 6.61 Å². The summed E-state index contributed by atoms with van der Waals surface area (Å²) in [4.78, 5) is 12.3. The van der Waals surface area contributed by atoms with Crippen molar-refractivity contribution in [3.8, 4) is 5.75 Å². The van der Waals surface area contributed by atoms with Crippen LogP contribution in [0.3, 0.4) is 0 Å². The zero-order chi connectivity index (χ0) is 23.2. The van der Waals surface area contributed by atoms with Gasteiger partial charge in [0.2, 0.25) is 0 Å². The van der Waals surface area contributed by atoms with Gasteiger partial charge in [0.25, 0.3) is 0 Å². The highest BCUT2D eigenvalue weighted by Crippen LogP contribution is 2.19. The summed E-state index contributed by atoms with van der Waals surface area (Å²) in [6.07, 6.45) is 1.62. The molecule has 1 aromatic heterocycles. The standard InChI is InChI=1S/C26H23N3O3S/c1-17-11-12-22(18(2)13-17)28-26(33)29-27-15-20-8-4-5-9-23(20)31-16-21-14-19-7-3-6-10-24(19)32-25(21)30/h3-15H,16H2,1-2H3,(H2,28,29,33)/b27-15+. The number of hydrazone groups is 1. The van der Waals surface area contributed by atoms with Crippen molar-refractivity contribution in [2.45, 2.75) is 20.5 Å². The molecule has 0 radical (unpaired) electrons. The van der Waals surface area contributed by atoms with E-state index in [2.05, 4.69) is 21.9 Å². The van der Waals surface area contributed by atoms with Crippen LogP contribution in [0.4, 0.5) is 5.69 Å². The number of thiocarbonyl (C=S) groups is 1. The van der Waals surface area contributed by atoms with Crippen LogP contribution < -0.4 is 21.1 Å². The zero-order valence-corrected chi connectivity index (χ0v) is 19.1. The van der Waals surface area contributed by atoms with Crippen molar-refractivity contribution < 1.29 is 9.15 Å². The van der Waals surface area contributed by atoms with Crippen molar-refractivity contribution in [1.29, 1.82) is 0 Å². The molecule has 0 aliphatic rings. The maximum Gasteiger partial charge on any atom is 0.342 e. The van der Waals surface area contributed by atoms with Gasteiger partial charge >= 0.3 is 5.63 Å². The van der Waals surface area contributed by atoms with Crippen molar-refractivity contribution in [2.75, 3.05) is 5.32 Å². The van der Waals surface area contributed by atoms with Gasteiger partial charge in [-0.05, 0) is 62.0 Å². The van der Waals surface area contributed by atoms with Crippen molar-refractivity contribution in [3.63, 3.8) is 0 Å². The third kappa shape index (κ3) is 5.64. The van der Waals surface area contributed by atoms with Gasteiger partial charge in [-0.2, -0.15) is 5.10 Å². The zero-order valence-electron chi connectivity index (χ0n) is 18.3. The van der Waals surface area contributed by atoms with Crippen molar-refractivity contribution >= 4 is 40.2 Å². The lowest BCUT2D eigenvalue weighted by Crippen LogP contribution is -2.24. The van der Waals surface area contributed by atoms with Gasteiger partial charge in [-0.3, -0.25) is 5.43 Å². The second-order valence-corrected chi connectivity index (χ2v) is 7.97. The summed E-state index contributed by atoms with van der Waals surface area (Å²) in [5.74, 6) is 0.587. The minimum absolute atomic E-state index is 0.0815. The largest absolute Gasteiger partial charge is 0.488 e. The highest BCUT2D eigenvalue weighted by atomic mass is 32.1. The van der Waals surface area contributed by atoms with Gasteiger partial charge in [0.15, 0.2) is 5.11 Å². The Bertz CT molecular complexity index is 1400. The summed E-state index contributed by atoms with van der Waals surface area (Å²) in [5, 5.41) is 8.58. The lowest BCUT2D eigenvalue weighted by atomic mass is 10.1. The summed E-state index contributed by atoms with van der Waals surface area (Å²) in [6.45, 7) is 4.15. The lowest BCUT2D eigenvalue weighted by Gasteiger charge is -2.11. The minimum Gasteiger partial charge on any atom is -0.488 e. The Labute approximate surface area is 196 Å². The van der Waals surface area contributed by atoms with Gasteiger partial charge in [-0.1, -0.05) is 48.0 Å². The molecule has 6 nitrogen and oxygen atoms in total. The van der Waals surface area contributed by atoms with Gasteiger partial charge in [0.1, 0.15) is 17.9 Å². The Morgan fingerprint density at radius 2 is 1.85 bits per heavy atom. The molecule has 0 bridgehead atoms. The molecule has 0 spiro atoms. The summed E-state index contributed by atoms with van der Waals surface area (Å²) < 4.78 is 11.3. The molecule has 0 fully saturated rings. The number of fused-ring (bicyclic) bond motifs is 1. The number of nitrogens with zero attached hydrogens (tertiary/aromatic N) is 1. The molecule has 0 amide bonds. The van der Waals surface area contributed by atoms with Crippen LogP contribution in [0.2, 0.25) is 0 Å². The molecule has 7 heteroatoms. The van der Waals surface area contributed by atoms with Gasteiger partial charge in [0.05, 0.1) is 11.8 Å². The number of aryl methyl sites for hydroxylation is 2. The molecule has 2 N–H and O–H groups in total. The SMILES string of the molecule is Cc1ccc(NC(=S)N/N=C/c2ccccc2OCc2cc3ccccc3oc2=O)c(C)c1. The molecule has 4 rings (SSSR count). The van der Waals surface area contributed by atoms with Crippen LogP contribution in [0.5, 0.6) is 5.75 Å². The molecule has 0 saturated heterocycles. The van der Waals surface area contributed by atoms with E-state index in [0.29, 0.717) is 22.0 Å². The van der Waals surface area contributed by atoms with Crippen LogP contribution in [-0.2, 0) is 6.61 Å². The van der Waals surface area contributed by atoms with E-state index in [4.69, 9.17) is 21.4 Å². The van der Waals surface area contributed by atoms with E-state index in [1.807, 2.05) is 68.4 Å². The Balaban J connectivity index is 1.41. The first kappa shape index (κ1) is 22.2. The highest BCUT2D eigenvalue weighted by molar-refractivity contribution is 7.80. The number of nitrogens with one attached hydrogen (secondary N) is 2. The molecule has 4 aromatic rings. The van der Waals surface area contributed by atoms with Crippen molar-refractivity contribution in [1.82, 2.24) is 5.43 Å². The average molecular weight is 458 g/mol.